The van der Waals surface area contributed by atoms with Crippen LogP contribution in [-0.2, 0) is 9.63 Å². The molecule has 4 aliphatic rings. The summed E-state index contributed by atoms with van der Waals surface area (Å²) in [5, 5.41) is 4.39. The standard InChI is InChI=1S/C21H33N3O2/c1-20-9-7-15(23-24-26-12-11-22)13-14(20)3-4-16-17-5-6-19(25)21(17,2)10-8-18(16)20/h13,16-18,24H,3-12,22H2,1-2H3. The molecule has 5 nitrogen and oxygen atoms in total. The number of fused-ring (bicyclic) bond motifs is 5. The molecule has 0 aliphatic heterocycles. The summed E-state index contributed by atoms with van der Waals surface area (Å²) in [6.07, 6.45) is 11.1. The van der Waals surface area contributed by atoms with Crippen molar-refractivity contribution in [3.8, 4) is 0 Å². The first-order valence-corrected chi connectivity index (χ1v) is 10.4. The highest BCUT2D eigenvalue weighted by atomic mass is 16.7. The van der Waals surface area contributed by atoms with Crippen LogP contribution in [0.25, 0.3) is 0 Å². The fourth-order valence-electron chi connectivity index (χ4n) is 6.63. The number of carbonyl (C=O) groups excluding carboxylic acids is 1. The summed E-state index contributed by atoms with van der Waals surface area (Å²) in [4.78, 5) is 17.7. The van der Waals surface area contributed by atoms with Gasteiger partial charge in [0.2, 0.25) is 0 Å². The minimum absolute atomic E-state index is 0.0235. The minimum atomic E-state index is -0.0235. The Morgan fingerprint density at radius 1 is 1.15 bits per heavy atom. The van der Waals surface area contributed by atoms with E-state index in [2.05, 4.69) is 30.6 Å². The van der Waals surface area contributed by atoms with Crippen LogP contribution in [0, 0.1) is 28.6 Å². The van der Waals surface area contributed by atoms with E-state index in [1.807, 2.05) is 0 Å². The van der Waals surface area contributed by atoms with Crippen LogP contribution in [0.1, 0.15) is 65.2 Å². The second-order valence-electron chi connectivity index (χ2n) is 9.25. The van der Waals surface area contributed by atoms with Crippen LogP contribution in [0.5, 0.6) is 0 Å². The molecule has 0 bridgehead atoms. The number of Topliss-reactive ketones (excluding diaryl/α,β-unsaturated/α-hetero) is 1. The summed E-state index contributed by atoms with van der Waals surface area (Å²) in [5.74, 6) is 2.61. The lowest BCUT2D eigenvalue weighted by molar-refractivity contribution is -0.132. The summed E-state index contributed by atoms with van der Waals surface area (Å²) in [7, 11) is 0. The zero-order valence-electron chi connectivity index (χ0n) is 16.2. The molecule has 3 N–H and O–H groups in total. The van der Waals surface area contributed by atoms with E-state index in [9.17, 15) is 4.79 Å². The Bertz CT molecular complexity index is 643. The molecule has 0 spiro atoms. The number of ketones is 1. The summed E-state index contributed by atoms with van der Waals surface area (Å²) in [6.45, 7) is 5.69. The Morgan fingerprint density at radius 2 is 1.96 bits per heavy atom. The second-order valence-corrected chi connectivity index (χ2v) is 9.25. The lowest BCUT2D eigenvalue weighted by Gasteiger charge is -2.57. The molecule has 0 aromatic heterocycles. The first kappa shape index (κ1) is 18.2. The summed E-state index contributed by atoms with van der Waals surface area (Å²) < 4.78 is 0. The highest BCUT2D eigenvalue weighted by Gasteiger charge is 2.58. The normalized spacial score (nSPS) is 43.5. The molecular formula is C21H33N3O2. The Hall–Kier alpha value is -1.20. The van der Waals surface area contributed by atoms with Gasteiger partial charge in [0, 0.05) is 18.4 Å². The monoisotopic (exact) mass is 359 g/mol. The van der Waals surface area contributed by atoms with Crippen LogP contribution in [0.2, 0.25) is 0 Å². The van der Waals surface area contributed by atoms with Gasteiger partial charge in [-0.3, -0.25) is 9.63 Å². The topological polar surface area (TPSA) is 76.7 Å². The van der Waals surface area contributed by atoms with Crippen LogP contribution >= 0.6 is 0 Å². The van der Waals surface area contributed by atoms with Gasteiger partial charge in [0.05, 0.1) is 12.3 Å². The molecular weight excluding hydrogens is 326 g/mol. The van der Waals surface area contributed by atoms with Gasteiger partial charge >= 0.3 is 0 Å². The molecule has 3 fully saturated rings. The number of rotatable bonds is 4. The predicted octanol–water partition coefficient (Wildman–Crippen LogP) is 3.35. The Labute approximate surface area is 156 Å². The molecule has 26 heavy (non-hydrogen) atoms. The number of carbonyl (C=O) groups is 1. The summed E-state index contributed by atoms with van der Waals surface area (Å²) in [6, 6.07) is 0. The van der Waals surface area contributed by atoms with Gasteiger partial charge in [0.25, 0.3) is 0 Å². The van der Waals surface area contributed by atoms with Crippen molar-refractivity contribution in [3.05, 3.63) is 11.6 Å². The quantitative estimate of drug-likeness (QED) is 0.596. The van der Waals surface area contributed by atoms with Crippen LogP contribution < -0.4 is 11.3 Å². The van der Waals surface area contributed by atoms with E-state index >= 15 is 0 Å². The van der Waals surface area contributed by atoms with Crippen molar-refractivity contribution in [1.82, 2.24) is 5.59 Å². The van der Waals surface area contributed by atoms with Gasteiger partial charge in [-0.05, 0) is 74.2 Å². The number of nitrogens with two attached hydrogens (primary N) is 1. The fourth-order valence-corrected chi connectivity index (χ4v) is 6.63. The van der Waals surface area contributed by atoms with Crippen LogP contribution in [0.3, 0.4) is 0 Å². The maximum atomic E-state index is 12.5. The van der Waals surface area contributed by atoms with Crippen LogP contribution in [0.15, 0.2) is 16.8 Å². The maximum Gasteiger partial charge on any atom is 0.139 e. The Morgan fingerprint density at radius 3 is 2.77 bits per heavy atom. The molecule has 4 aliphatic carbocycles. The van der Waals surface area contributed by atoms with E-state index in [1.165, 1.54) is 12.8 Å². The van der Waals surface area contributed by atoms with Gasteiger partial charge in [-0.15, -0.1) is 0 Å². The minimum Gasteiger partial charge on any atom is -0.328 e. The summed E-state index contributed by atoms with van der Waals surface area (Å²) >= 11 is 0. The first-order valence-electron chi connectivity index (χ1n) is 10.4. The molecule has 0 heterocycles. The van der Waals surface area contributed by atoms with Gasteiger partial charge < -0.3 is 5.73 Å². The molecule has 4 rings (SSSR count). The van der Waals surface area contributed by atoms with Crippen molar-refractivity contribution in [2.45, 2.75) is 65.2 Å². The first-order chi connectivity index (χ1) is 12.5. The van der Waals surface area contributed by atoms with Gasteiger partial charge in [-0.2, -0.15) is 10.7 Å². The number of nitrogens with zero attached hydrogens (tertiary/aromatic N) is 1. The molecule has 0 saturated heterocycles. The van der Waals surface area contributed by atoms with Gasteiger partial charge in [0.15, 0.2) is 0 Å². The van der Waals surface area contributed by atoms with E-state index in [4.69, 9.17) is 10.6 Å². The fraction of sp³-hybridized carbons (Fsp3) is 0.810. The number of hydrogen-bond acceptors (Lipinski definition) is 5. The van der Waals surface area contributed by atoms with Crippen molar-refractivity contribution in [1.29, 1.82) is 0 Å². The lowest BCUT2D eigenvalue weighted by Crippen LogP contribution is -2.50. The third-order valence-corrected chi connectivity index (χ3v) is 8.16. The second kappa shape index (κ2) is 6.75. The molecule has 0 aromatic rings. The van der Waals surface area contributed by atoms with Crippen molar-refractivity contribution in [2.24, 2.45) is 39.4 Å². The lowest BCUT2D eigenvalue weighted by atomic mass is 9.47. The summed E-state index contributed by atoms with van der Waals surface area (Å²) in [5.41, 5.74) is 11.0. The molecule has 3 saturated carbocycles. The van der Waals surface area contributed by atoms with E-state index in [-0.39, 0.29) is 10.8 Å². The van der Waals surface area contributed by atoms with E-state index in [0.717, 1.165) is 56.1 Å². The number of nitrogens with one attached hydrogen (secondary N) is 1. The Balaban J connectivity index is 1.53. The molecule has 5 unspecified atom stereocenters. The van der Waals surface area contributed by atoms with Gasteiger partial charge in [-0.25, -0.2) is 0 Å². The third-order valence-electron chi connectivity index (χ3n) is 8.16. The molecule has 0 aromatic carbocycles. The average Bonchev–Trinajstić information content (AvgIpc) is 2.94. The molecule has 5 heteroatoms. The van der Waals surface area contributed by atoms with Crippen molar-refractivity contribution < 1.29 is 9.63 Å². The average molecular weight is 360 g/mol. The smallest absolute Gasteiger partial charge is 0.139 e. The molecule has 0 amide bonds. The highest BCUT2D eigenvalue weighted by Crippen LogP contribution is 2.64. The molecule has 5 atom stereocenters. The van der Waals surface area contributed by atoms with Crippen LogP contribution in [-0.4, -0.2) is 24.6 Å². The molecule has 144 valence electrons. The zero-order chi connectivity index (χ0) is 18.4. The third kappa shape index (κ3) is 2.75. The number of hydrogen-bond donors (Lipinski definition) is 2. The molecule has 0 radical (unpaired) electrons. The number of allylic oxidation sites excluding steroid dienone is 2. The van der Waals surface area contributed by atoms with E-state index < -0.39 is 0 Å². The number of hydrazone groups is 1. The largest absolute Gasteiger partial charge is 0.328 e. The Kier molecular flexibility index (Phi) is 4.72. The van der Waals surface area contributed by atoms with Crippen molar-refractivity contribution >= 4 is 11.5 Å². The predicted molar refractivity (Wildman–Crippen MR) is 102 cm³/mol. The van der Waals surface area contributed by atoms with Crippen molar-refractivity contribution in [3.63, 3.8) is 0 Å². The highest BCUT2D eigenvalue weighted by molar-refractivity contribution is 5.96. The van der Waals surface area contributed by atoms with Gasteiger partial charge in [-0.1, -0.05) is 19.4 Å². The van der Waals surface area contributed by atoms with Gasteiger partial charge in [0.1, 0.15) is 5.78 Å². The van der Waals surface area contributed by atoms with Crippen molar-refractivity contribution in [2.75, 3.05) is 13.2 Å². The van der Waals surface area contributed by atoms with E-state index in [0.29, 0.717) is 24.9 Å². The van der Waals surface area contributed by atoms with Crippen LogP contribution in [0.4, 0.5) is 0 Å². The maximum absolute atomic E-state index is 12.5. The zero-order valence-corrected chi connectivity index (χ0v) is 16.2. The van der Waals surface area contributed by atoms with E-state index in [1.54, 1.807) is 5.57 Å². The SMILES string of the molecule is CC12CCC3C(CCC4=CC(=NNOCCN)CCC43C)C1CCC2=O.